The van der Waals surface area contributed by atoms with Crippen molar-refractivity contribution in [2.45, 2.75) is 4.90 Å². The van der Waals surface area contributed by atoms with E-state index in [2.05, 4.69) is 0 Å². The van der Waals surface area contributed by atoms with Gasteiger partial charge in [-0.15, -0.1) is 0 Å². The Balaban J connectivity index is 3.03. The molecule has 6 nitrogen and oxygen atoms in total. The van der Waals surface area contributed by atoms with Crippen LogP contribution in [0.25, 0.3) is 0 Å². The van der Waals surface area contributed by atoms with Crippen molar-refractivity contribution in [3.8, 4) is 6.07 Å². The number of rotatable bonds is 5. The van der Waals surface area contributed by atoms with Crippen molar-refractivity contribution in [2.75, 3.05) is 18.6 Å². The van der Waals surface area contributed by atoms with Gasteiger partial charge in [0, 0.05) is 12.8 Å². The van der Waals surface area contributed by atoms with E-state index in [0.717, 1.165) is 24.5 Å². The van der Waals surface area contributed by atoms with Crippen LogP contribution < -0.4 is 4.72 Å². The quantitative estimate of drug-likeness (QED) is 0.826. The number of nitrogens with zero attached hydrogens (tertiary/aromatic N) is 1. The van der Waals surface area contributed by atoms with Crippen LogP contribution in [-0.4, -0.2) is 35.4 Å². The summed E-state index contributed by atoms with van der Waals surface area (Å²) in [4.78, 5) is -0.511. The molecule has 1 rings (SSSR count). The van der Waals surface area contributed by atoms with Gasteiger partial charge in [0.2, 0.25) is 10.0 Å². The second-order valence-corrected chi connectivity index (χ2v) is 7.75. The fourth-order valence-electron chi connectivity index (χ4n) is 1.28. The van der Waals surface area contributed by atoms with Crippen LogP contribution in [0.3, 0.4) is 0 Å². The van der Waals surface area contributed by atoms with Crippen molar-refractivity contribution >= 4 is 19.9 Å². The highest BCUT2D eigenvalue weighted by Crippen LogP contribution is 2.17. The number of nitrogens with one attached hydrogen (secondary N) is 1. The van der Waals surface area contributed by atoms with E-state index in [1.165, 1.54) is 6.07 Å². The second kappa shape index (κ2) is 5.64. The summed E-state index contributed by atoms with van der Waals surface area (Å²) < 4.78 is 60.7. The summed E-state index contributed by atoms with van der Waals surface area (Å²) >= 11 is 0. The number of hydrogen-bond donors (Lipinski definition) is 1. The summed E-state index contributed by atoms with van der Waals surface area (Å²) in [7, 11) is -7.44. The monoisotopic (exact) mass is 306 g/mol. The van der Waals surface area contributed by atoms with Gasteiger partial charge in [-0.2, -0.15) is 5.26 Å². The van der Waals surface area contributed by atoms with Crippen LogP contribution in [0.15, 0.2) is 23.1 Å². The Labute approximate surface area is 110 Å². The zero-order chi connectivity index (χ0) is 14.7. The Morgan fingerprint density at radius 3 is 2.47 bits per heavy atom. The highest BCUT2D eigenvalue weighted by Gasteiger charge is 2.21. The fraction of sp³-hybridized carbons (Fsp3) is 0.300. The van der Waals surface area contributed by atoms with E-state index in [1.807, 2.05) is 4.72 Å². The summed E-state index contributed by atoms with van der Waals surface area (Å²) in [6.07, 6.45) is 0.962. The predicted molar refractivity (Wildman–Crippen MR) is 66.0 cm³/mol. The summed E-state index contributed by atoms with van der Waals surface area (Å²) in [5, 5.41) is 8.74. The summed E-state index contributed by atoms with van der Waals surface area (Å²) in [5.41, 5.74) is -0.602. The minimum atomic E-state index is -4.12. The van der Waals surface area contributed by atoms with Gasteiger partial charge in [0.1, 0.15) is 32.2 Å². The number of hydrogen-bond acceptors (Lipinski definition) is 5. The van der Waals surface area contributed by atoms with Crippen LogP contribution >= 0.6 is 0 Å². The molecule has 1 aromatic carbocycles. The zero-order valence-electron chi connectivity index (χ0n) is 9.92. The number of sulfonamides is 1. The minimum Gasteiger partial charge on any atom is -0.229 e. The Hall–Kier alpha value is -1.50. The molecule has 0 fully saturated rings. The topological polar surface area (TPSA) is 104 Å². The molecule has 0 radical (unpaired) electrons. The van der Waals surface area contributed by atoms with Gasteiger partial charge in [0.25, 0.3) is 0 Å². The van der Waals surface area contributed by atoms with Crippen LogP contribution in [0, 0.1) is 17.1 Å². The molecule has 19 heavy (non-hydrogen) atoms. The summed E-state index contributed by atoms with van der Waals surface area (Å²) in [5.74, 6) is -1.34. The van der Waals surface area contributed by atoms with Crippen molar-refractivity contribution in [3.05, 3.63) is 29.6 Å². The van der Waals surface area contributed by atoms with E-state index in [-0.39, 0.29) is 12.3 Å². The molecule has 0 aliphatic rings. The predicted octanol–water partition coefficient (Wildman–Crippen LogP) is 0.0203. The highest BCUT2D eigenvalue weighted by molar-refractivity contribution is 7.91. The first-order valence-corrected chi connectivity index (χ1v) is 8.58. The van der Waals surface area contributed by atoms with E-state index in [0.29, 0.717) is 0 Å². The average Bonchev–Trinajstić information content (AvgIpc) is 2.26. The Bertz CT molecular complexity index is 720. The van der Waals surface area contributed by atoms with Gasteiger partial charge < -0.3 is 0 Å². The van der Waals surface area contributed by atoms with E-state index in [4.69, 9.17) is 5.26 Å². The van der Waals surface area contributed by atoms with Crippen molar-refractivity contribution in [1.82, 2.24) is 4.72 Å². The molecule has 0 spiro atoms. The molecule has 0 unspecified atom stereocenters. The maximum Gasteiger partial charge on any atom is 0.242 e. The lowest BCUT2D eigenvalue weighted by Gasteiger charge is -2.07. The lowest BCUT2D eigenvalue weighted by Crippen LogP contribution is -2.29. The van der Waals surface area contributed by atoms with Gasteiger partial charge in [-0.25, -0.2) is 25.9 Å². The molecule has 0 aliphatic carbocycles. The number of sulfone groups is 1. The molecule has 0 bridgehead atoms. The van der Waals surface area contributed by atoms with E-state index in [9.17, 15) is 21.2 Å². The first kappa shape index (κ1) is 15.6. The molecule has 0 saturated carbocycles. The molecule has 0 heterocycles. The molecule has 9 heteroatoms. The normalized spacial score (nSPS) is 12.1. The van der Waals surface area contributed by atoms with Gasteiger partial charge in [0.05, 0.1) is 5.75 Å². The molecule has 0 saturated heterocycles. The van der Waals surface area contributed by atoms with Crippen LogP contribution in [0.2, 0.25) is 0 Å². The van der Waals surface area contributed by atoms with E-state index < -0.39 is 36.1 Å². The third-order valence-corrected chi connectivity index (χ3v) is 4.59. The average molecular weight is 306 g/mol. The van der Waals surface area contributed by atoms with Crippen molar-refractivity contribution in [2.24, 2.45) is 0 Å². The molecule has 0 aliphatic heterocycles. The number of halogens is 1. The highest BCUT2D eigenvalue weighted by atomic mass is 32.2. The molecule has 0 amide bonds. The van der Waals surface area contributed by atoms with Gasteiger partial charge in [-0.1, -0.05) is 6.07 Å². The lowest BCUT2D eigenvalue weighted by molar-refractivity contribution is 0.577. The Morgan fingerprint density at radius 2 is 1.95 bits per heavy atom. The molecular weight excluding hydrogens is 295 g/mol. The molecule has 0 aromatic heterocycles. The first-order valence-electron chi connectivity index (χ1n) is 5.03. The number of benzene rings is 1. The zero-order valence-corrected chi connectivity index (χ0v) is 11.6. The summed E-state index contributed by atoms with van der Waals surface area (Å²) in [6, 6.07) is 4.66. The lowest BCUT2D eigenvalue weighted by atomic mass is 10.2. The standard InChI is InChI=1S/C10H11FN2O4S2/c1-18(14,15)6-5-13-19(16,17)10-4-2-3-9(11)8(10)7-12/h2-4,13H,5-6H2,1H3. The van der Waals surface area contributed by atoms with Gasteiger partial charge in [-0.3, -0.25) is 0 Å². The number of nitriles is 1. The Morgan fingerprint density at radius 1 is 1.32 bits per heavy atom. The molecule has 1 aromatic rings. The van der Waals surface area contributed by atoms with Crippen molar-refractivity contribution < 1.29 is 21.2 Å². The van der Waals surface area contributed by atoms with Crippen LogP contribution in [0.4, 0.5) is 4.39 Å². The van der Waals surface area contributed by atoms with Crippen LogP contribution in [-0.2, 0) is 19.9 Å². The fourth-order valence-corrected chi connectivity index (χ4v) is 3.07. The van der Waals surface area contributed by atoms with Gasteiger partial charge >= 0.3 is 0 Å². The van der Waals surface area contributed by atoms with Crippen molar-refractivity contribution in [1.29, 1.82) is 5.26 Å². The second-order valence-electron chi connectivity index (χ2n) is 3.75. The van der Waals surface area contributed by atoms with E-state index >= 15 is 0 Å². The smallest absolute Gasteiger partial charge is 0.229 e. The van der Waals surface area contributed by atoms with Gasteiger partial charge in [-0.05, 0) is 12.1 Å². The van der Waals surface area contributed by atoms with E-state index in [1.54, 1.807) is 0 Å². The first-order chi connectivity index (χ1) is 8.67. The molecule has 104 valence electrons. The SMILES string of the molecule is CS(=O)(=O)CCNS(=O)(=O)c1cccc(F)c1C#N. The largest absolute Gasteiger partial charge is 0.242 e. The molecule has 0 atom stereocenters. The third-order valence-electron chi connectivity index (χ3n) is 2.14. The molecular formula is C10H11FN2O4S2. The van der Waals surface area contributed by atoms with Gasteiger partial charge in [0.15, 0.2) is 0 Å². The van der Waals surface area contributed by atoms with Crippen LogP contribution in [0.5, 0.6) is 0 Å². The molecule has 1 N–H and O–H groups in total. The Kier molecular flexibility index (Phi) is 4.62. The third kappa shape index (κ3) is 4.27. The maximum atomic E-state index is 13.3. The van der Waals surface area contributed by atoms with Crippen LogP contribution in [0.1, 0.15) is 5.56 Å². The minimum absolute atomic E-state index is 0.345. The summed E-state index contributed by atoms with van der Waals surface area (Å²) in [6.45, 7) is -0.345. The van der Waals surface area contributed by atoms with Crippen molar-refractivity contribution in [3.63, 3.8) is 0 Å². The maximum absolute atomic E-state index is 13.3.